The molecular formula is C13H28N2O. The van der Waals surface area contributed by atoms with E-state index in [4.69, 9.17) is 0 Å². The smallest absolute Gasteiger partial charge is 0.0811 e. The third-order valence-corrected chi connectivity index (χ3v) is 2.93. The molecule has 0 spiro atoms. The first kappa shape index (κ1) is 15.6. The Morgan fingerprint density at radius 2 is 1.19 bits per heavy atom. The minimum atomic E-state index is 0.505. The molecule has 3 heteroatoms. The standard InChI is InChI=1S/C13H28N2O/c1-14-12-10-8-6-4-2-3-5-7-9-11-13-15-16/h14H,2-13H2,1H3. The van der Waals surface area contributed by atoms with E-state index in [0.29, 0.717) is 6.54 Å². The zero-order valence-corrected chi connectivity index (χ0v) is 10.8. The zero-order valence-electron chi connectivity index (χ0n) is 10.8. The number of nitrogens with one attached hydrogen (secondary N) is 1. The average Bonchev–Trinajstić information content (AvgIpc) is 2.31. The van der Waals surface area contributed by atoms with Crippen molar-refractivity contribution >= 4 is 0 Å². The van der Waals surface area contributed by atoms with Gasteiger partial charge < -0.3 is 5.32 Å². The second-order valence-corrected chi connectivity index (χ2v) is 4.49. The van der Waals surface area contributed by atoms with E-state index in [2.05, 4.69) is 10.5 Å². The van der Waals surface area contributed by atoms with Gasteiger partial charge in [-0.25, -0.2) is 0 Å². The predicted octanol–water partition coefficient (Wildman–Crippen LogP) is 3.87. The highest BCUT2D eigenvalue weighted by molar-refractivity contribution is 4.49. The molecule has 0 rings (SSSR count). The molecule has 1 N–H and O–H groups in total. The molecule has 0 unspecified atom stereocenters. The maximum absolute atomic E-state index is 9.83. The summed E-state index contributed by atoms with van der Waals surface area (Å²) in [6, 6.07) is 0. The van der Waals surface area contributed by atoms with Crippen LogP contribution in [0.3, 0.4) is 0 Å². The van der Waals surface area contributed by atoms with Gasteiger partial charge in [0.2, 0.25) is 0 Å². The number of nitroso groups, excluding NO2 is 1. The second kappa shape index (κ2) is 14.6. The van der Waals surface area contributed by atoms with Crippen LogP contribution < -0.4 is 5.32 Å². The van der Waals surface area contributed by atoms with Crippen LogP contribution in [0.15, 0.2) is 5.18 Å². The van der Waals surface area contributed by atoms with Crippen LogP contribution in [0.4, 0.5) is 0 Å². The quantitative estimate of drug-likeness (QED) is 0.384. The van der Waals surface area contributed by atoms with Crippen LogP contribution >= 0.6 is 0 Å². The molecule has 16 heavy (non-hydrogen) atoms. The van der Waals surface area contributed by atoms with Gasteiger partial charge in [-0.1, -0.05) is 56.5 Å². The first-order chi connectivity index (χ1) is 7.91. The molecule has 0 saturated heterocycles. The molecule has 96 valence electrons. The number of hydrogen-bond acceptors (Lipinski definition) is 3. The van der Waals surface area contributed by atoms with Gasteiger partial charge in [-0.3, -0.25) is 0 Å². The Morgan fingerprint density at radius 3 is 1.62 bits per heavy atom. The minimum Gasteiger partial charge on any atom is -0.320 e. The largest absolute Gasteiger partial charge is 0.320 e. The van der Waals surface area contributed by atoms with Crippen LogP contribution in [-0.2, 0) is 0 Å². The molecule has 0 aliphatic rings. The summed E-state index contributed by atoms with van der Waals surface area (Å²) >= 11 is 0. The van der Waals surface area contributed by atoms with Crippen molar-refractivity contribution in [2.45, 2.75) is 64.2 Å². The molecule has 0 aromatic carbocycles. The van der Waals surface area contributed by atoms with Crippen LogP contribution in [0.25, 0.3) is 0 Å². The van der Waals surface area contributed by atoms with Gasteiger partial charge in [-0.05, 0) is 26.4 Å². The molecule has 3 nitrogen and oxygen atoms in total. The maximum atomic E-state index is 9.83. The normalized spacial score (nSPS) is 10.6. The number of rotatable bonds is 13. The summed E-state index contributed by atoms with van der Waals surface area (Å²) in [6.45, 7) is 1.66. The lowest BCUT2D eigenvalue weighted by Crippen LogP contribution is -2.06. The summed E-state index contributed by atoms with van der Waals surface area (Å²) in [7, 11) is 2.01. The Hall–Kier alpha value is -0.440. The van der Waals surface area contributed by atoms with Crippen molar-refractivity contribution in [1.29, 1.82) is 0 Å². The Kier molecular flexibility index (Phi) is 14.2. The van der Waals surface area contributed by atoms with Gasteiger partial charge in [0.25, 0.3) is 0 Å². The van der Waals surface area contributed by atoms with E-state index in [1.54, 1.807) is 0 Å². The van der Waals surface area contributed by atoms with Crippen LogP contribution in [0, 0.1) is 4.91 Å². The van der Waals surface area contributed by atoms with E-state index in [1.807, 2.05) is 7.05 Å². The third-order valence-electron chi connectivity index (χ3n) is 2.93. The van der Waals surface area contributed by atoms with Crippen molar-refractivity contribution in [3.63, 3.8) is 0 Å². The van der Waals surface area contributed by atoms with E-state index >= 15 is 0 Å². The highest BCUT2D eigenvalue weighted by atomic mass is 16.3. The molecule has 0 amide bonds. The first-order valence-corrected chi connectivity index (χ1v) is 6.85. The second-order valence-electron chi connectivity index (χ2n) is 4.49. The molecule has 0 saturated carbocycles. The van der Waals surface area contributed by atoms with E-state index in [9.17, 15) is 4.91 Å². The van der Waals surface area contributed by atoms with E-state index < -0.39 is 0 Å². The summed E-state index contributed by atoms with van der Waals surface area (Å²) in [4.78, 5) is 9.83. The maximum Gasteiger partial charge on any atom is 0.0811 e. The molecule has 0 radical (unpaired) electrons. The fourth-order valence-electron chi connectivity index (χ4n) is 1.89. The van der Waals surface area contributed by atoms with Gasteiger partial charge in [0.05, 0.1) is 6.54 Å². The summed E-state index contributed by atoms with van der Waals surface area (Å²) in [5.41, 5.74) is 0. The zero-order chi connectivity index (χ0) is 11.9. The van der Waals surface area contributed by atoms with E-state index in [0.717, 1.165) is 13.0 Å². The lowest BCUT2D eigenvalue weighted by Gasteiger charge is -2.02. The van der Waals surface area contributed by atoms with Gasteiger partial charge in [-0.2, -0.15) is 4.91 Å². The molecular weight excluding hydrogens is 200 g/mol. The Labute approximate surface area is 100 Å². The fourth-order valence-corrected chi connectivity index (χ4v) is 1.89. The van der Waals surface area contributed by atoms with Crippen molar-refractivity contribution < 1.29 is 0 Å². The Morgan fingerprint density at radius 1 is 0.750 bits per heavy atom. The SMILES string of the molecule is CNCCCCCCCCCCCCN=O. The monoisotopic (exact) mass is 228 g/mol. The number of unbranched alkanes of at least 4 members (excludes halogenated alkanes) is 9. The van der Waals surface area contributed by atoms with Crippen molar-refractivity contribution in [2.75, 3.05) is 20.1 Å². The van der Waals surface area contributed by atoms with Crippen LogP contribution in [-0.4, -0.2) is 20.1 Å². The van der Waals surface area contributed by atoms with Crippen LogP contribution in [0.1, 0.15) is 64.2 Å². The Bertz CT molecular complexity index is 140. The lowest BCUT2D eigenvalue weighted by molar-refractivity contribution is 0.548. The summed E-state index contributed by atoms with van der Waals surface area (Å²) in [6.07, 6.45) is 13.0. The topological polar surface area (TPSA) is 41.5 Å². The minimum absolute atomic E-state index is 0.505. The van der Waals surface area contributed by atoms with Crippen LogP contribution in [0.2, 0.25) is 0 Å². The van der Waals surface area contributed by atoms with E-state index in [1.165, 1.54) is 57.8 Å². The average molecular weight is 228 g/mol. The molecule has 0 bridgehead atoms. The molecule has 0 atom stereocenters. The summed E-state index contributed by atoms with van der Waals surface area (Å²) < 4.78 is 0. The summed E-state index contributed by atoms with van der Waals surface area (Å²) in [5, 5.41) is 6.04. The highest BCUT2D eigenvalue weighted by Gasteiger charge is 1.92. The molecule has 0 aliphatic carbocycles. The Balaban J connectivity index is 2.85. The highest BCUT2D eigenvalue weighted by Crippen LogP contribution is 2.10. The predicted molar refractivity (Wildman–Crippen MR) is 70.8 cm³/mol. The van der Waals surface area contributed by atoms with Gasteiger partial charge in [0, 0.05) is 0 Å². The van der Waals surface area contributed by atoms with Crippen molar-refractivity contribution in [2.24, 2.45) is 5.18 Å². The fraction of sp³-hybridized carbons (Fsp3) is 1.00. The van der Waals surface area contributed by atoms with Gasteiger partial charge >= 0.3 is 0 Å². The van der Waals surface area contributed by atoms with Crippen molar-refractivity contribution in [3.8, 4) is 0 Å². The van der Waals surface area contributed by atoms with Gasteiger partial charge in [0.15, 0.2) is 0 Å². The van der Waals surface area contributed by atoms with E-state index in [-0.39, 0.29) is 0 Å². The van der Waals surface area contributed by atoms with Gasteiger partial charge in [0.1, 0.15) is 0 Å². The number of hydrogen-bond donors (Lipinski definition) is 1. The first-order valence-electron chi connectivity index (χ1n) is 6.85. The molecule has 0 aromatic heterocycles. The molecule has 0 aromatic rings. The lowest BCUT2D eigenvalue weighted by atomic mass is 10.1. The molecule has 0 aliphatic heterocycles. The molecule has 0 fully saturated rings. The molecule has 0 heterocycles. The van der Waals surface area contributed by atoms with Crippen molar-refractivity contribution in [1.82, 2.24) is 5.32 Å². The van der Waals surface area contributed by atoms with Gasteiger partial charge in [-0.15, -0.1) is 0 Å². The van der Waals surface area contributed by atoms with Crippen LogP contribution in [0.5, 0.6) is 0 Å². The summed E-state index contributed by atoms with van der Waals surface area (Å²) in [5.74, 6) is 0. The number of nitrogens with zero attached hydrogens (tertiary/aromatic N) is 1. The van der Waals surface area contributed by atoms with Crippen molar-refractivity contribution in [3.05, 3.63) is 4.91 Å². The third kappa shape index (κ3) is 13.6.